The highest BCUT2D eigenvalue weighted by Crippen LogP contribution is 2.45. The van der Waals surface area contributed by atoms with E-state index in [0.29, 0.717) is 5.56 Å². The van der Waals surface area contributed by atoms with Crippen molar-refractivity contribution in [3.63, 3.8) is 0 Å². The first-order valence-corrected chi connectivity index (χ1v) is 4.28. The van der Waals surface area contributed by atoms with E-state index in [1.807, 2.05) is 0 Å². The number of benzene rings is 1. The van der Waals surface area contributed by atoms with E-state index in [0.717, 1.165) is 0 Å². The predicted molar refractivity (Wildman–Crippen MR) is 44.9 cm³/mol. The van der Waals surface area contributed by atoms with E-state index in [1.54, 1.807) is 30.3 Å². The fourth-order valence-corrected chi connectivity index (χ4v) is 1.38. The summed E-state index contributed by atoms with van der Waals surface area (Å²) in [6.07, 6.45) is -4.35. The number of hydrogen-bond donors (Lipinski definition) is 0. The maximum Gasteiger partial charge on any atom is 0.420 e. The molecule has 0 amide bonds. The van der Waals surface area contributed by atoms with Gasteiger partial charge in [0.15, 0.2) is 5.60 Å². The summed E-state index contributed by atoms with van der Waals surface area (Å²) in [4.78, 5) is 0. The van der Waals surface area contributed by atoms with Crippen molar-refractivity contribution in [1.82, 2.24) is 0 Å². The molecule has 1 aromatic rings. The molecule has 0 saturated carbocycles. The lowest BCUT2D eigenvalue weighted by Crippen LogP contribution is -2.34. The average Bonchev–Trinajstić information content (AvgIpc) is 2.86. The fraction of sp³-hybridized carbons (Fsp3) is 0.400. The molecule has 1 atom stereocenters. The van der Waals surface area contributed by atoms with Crippen molar-refractivity contribution in [2.24, 2.45) is 0 Å². The van der Waals surface area contributed by atoms with Gasteiger partial charge in [0.05, 0.1) is 6.61 Å². The third kappa shape index (κ3) is 1.62. The Morgan fingerprint density at radius 3 is 2.21 bits per heavy atom. The summed E-state index contributed by atoms with van der Waals surface area (Å²) >= 11 is 0. The number of halogens is 3. The lowest BCUT2D eigenvalue weighted by Gasteiger charge is -2.15. The van der Waals surface area contributed by atoms with Gasteiger partial charge in [-0.2, -0.15) is 13.2 Å². The van der Waals surface area contributed by atoms with Gasteiger partial charge in [-0.15, -0.1) is 0 Å². The Labute approximate surface area is 79.5 Å². The summed E-state index contributed by atoms with van der Waals surface area (Å²) < 4.78 is 41.9. The minimum Gasteiger partial charge on any atom is -0.359 e. The first kappa shape index (κ1) is 9.52. The monoisotopic (exact) mass is 202 g/mol. The van der Waals surface area contributed by atoms with E-state index in [4.69, 9.17) is 0 Å². The molecule has 2 rings (SSSR count). The van der Waals surface area contributed by atoms with Crippen molar-refractivity contribution in [2.75, 3.05) is 6.61 Å². The molecule has 1 heterocycles. The zero-order valence-corrected chi connectivity index (χ0v) is 7.34. The summed E-state index contributed by atoms with van der Waals surface area (Å²) in [6, 6.07) is 8.57. The fourth-order valence-electron chi connectivity index (χ4n) is 1.38. The van der Waals surface area contributed by atoms with Gasteiger partial charge in [-0.05, 0) is 5.56 Å². The Bertz CT molecular complexity index is 314. The van der Waals surface area contributed by atoms with E-state index in [-0.39, 0.29) is 13.0 Å². The predicted octanol–water partition coefficient (Wildman–Crippen LogP) is 2.56. The Morgan fingerprint density at radius 1 is 1.21 bits per heavy atom. The van der Waals surface area contributed by atoms with Gasteiger partial charge in [0.1, 0.15) is 0 Å². The van der Waals surface area contributed by atoms with Crippen LogP contribution in [-0.4, -0.2) is 18.4 Å². The second-order valence-electron chi connectivity index (χ2n) is 3.44. The van der Waals surface area contributed by atoms with Gasteiger partial charge in [-0.1, -0.05) is 30.3 Å². The molecule has 1 aliphatic rings. The van der Waals surface area contributed by atoms with E-state index in [9.17, 15) is 13.2 Å². The highest BCUT2D eigenvalue weighted by Gasteiger charge is 2.65. The van der Waals surface area contributed by atoms with Crippen LogP contribution in [0.2, 0.25) is 0 Å². The standard InChI is InChI=1S/C10H9F3O/c11-10(12,13)9(7-14-9)6-8-4-2-1-3-5-8/h1-5H,6-7H2. The van der Waals surface area contributed by atoms with Gasteiger partial charge in [0, 0.05) is 6.42 Å². The minimum absolute atomic E-state index is 0.0860. The lowest BCUT2D eigenvalue weighted by molar-refractivity contribution is -0.183. The maximum absolute atomic E-state index is 12.5. The molecule has 1 unspecified atom stereocenters. The molecule has 1 saturated heterocycles. The molecule has 0 bridgehead atoms. The second-order valence-corrected chi connectivity index (χ2v) is 3.44. The Hall–Kier alpha value is -1.03. The van der Waals surface area contributed by atoms with Gasteiger partial charge in [0.2, 0.25) is 0 Å². The molecule has 76 valence electrons. The Morgan fingerprint density at radius 2 is 1.79 bits per heavy atom. The van der Waals surface area contributed by atoms with Crippen LogP contribution in [0.1, 0.15) is 5.56 Å². The van der Waals surface area contributed by atoms with Crippen molar-refractivity contribution in [3.8, 4) is 0 Å². The smallest absolute Gasteiger partial charge is 0.359 e. The number of alkyl halides is 3. The molecule has 0 N–H and O–H groups in total. The molecular weight excluding hydrogens is 193 g/mol. The highest BCUT2D eigenvalue weighted by molar-refractivity contribution is 5.20. The van der Waals surface area contributed by atoms with E-state index in [2.05, 4.69) is 4.74 Å². The summed E-state index contributed by atoms with van der Waals surface area (Å²) in [5.74, 6) is 0. The summed E-state index contributed by atoms with van der Waals surface area (Å²) in [7, 11) is 0. The van der Waals surface area contributed by atoms with Gasteiger partial charge < -0.3 is 4.74 Å². The number of rotatable bonds is 2. The lowest BCUT2D eigenvalue weighted by atomic mass is 10.00. The zero-order valence-electron chi connectivity index (χ0n) is 7.34. The van der Waals surface area contributed by atoms with E-state index in [1.165, 1.54) is 0 Å². The molecule has 1 aliphatic heterocycles. The van der Waals surface area contributed by atoms with E-state index >= 15 is 0 Å². The van der Waals surface area contributed by atoms with Crippen LogP contribution in [0.5, 0.6) is 0 Å². The highest BCUT2D eigenvalue weighted by atomic mass is 19.4. The molecule has 1 nitrogen and oxygen atoms in total. The van der Waals surface area contributed by atoms with Crippen molar-refractivity contribution in [2.45, 2.75) is 18.2 Å². The van der Waals surface area contributed by atoms with Crippen molar-refractivity contribution < 1.29 is 17.9 Å². The molecule has 4 heteroatoms. The number of hydrogen-bond acceptors (Lipinski definition) is 1. The van der Waals surface area contributed by atoms with Crippen molar-refractivity contribution in [3.05, 3.63) is 35.9 Å². The summed E-state index contributed by atoms with van der Waals surface area (Å²) in [5, 5.41) is 0. The molecule has 0 radical (unpaired) electrons. The van der Waals surface area contributed by atoms with Crippen molar-refractivity contribution in [1.29, 1.82) is 0 Å². The SMILES string of the molecule is FC(F)(F)C1(Cc2ccccc2)CO1. The van der Waals surface area contributed by atoms with Crippen LogP contribution in [0.3, 0.4) is 0 Å². The molecular formula is C10H9F3O. The van der Waals surface area contributed by atoms with Gasteiger partial charge in [-0.3, -0.25) is 0 Å². The van der Waals surface area contributed by atoms with Crippen LogP contribution in [0.15, 0.2) is 30.3 Å². The third-order valence-electron chi connectivity index (χ3n) is 2.34. The minimum atomic E-state index is -4.26. The van der Waals surface area contributed by atoms with Gasteiger partial charge in [0.25, 0.3) is 0 Å². The van der Waals surface area contributed by atoms with Crippen LogP contribution in [-0.2, 0) is 11.2 Å². The normalized spacial score (nSPS) is 26.2. The first-order valence-electron chi connectivity index (χ1n) is 4.28. The quantitative estimate of drug-likeness (QED) is 0.671. The molecule has 14 heavy (non-hydrogen) atoms. The number of ether oxygens (including phenoxy) is 1. The van der Waals surface area contributed by atoms with Gasteiger partial charge >= 0.3 is 6.18 Å². The molecule has 0 spiro atoms. The molecule has 0 aliphatic carbocycles. The summed E-state index contributed by atoms with van der Waals surface area (Å²) in [6.45, 7) is -0.217. The Kier molecular flexibility index (Phi) is 2.03. The van der Waals surface area contributed by atoms with Crippen LogP contribution >= 0.6 is 0 Å². The zero-order chi connectivity index (χ0) is 10.2. The molecule has 1 fully saturated rings. The van der Waals surface area contributed by atoms with Crippen LogP contribution in [0.4, 0.5) is 13.2 Å². The van der Waals surface area contributed by atoms with Crippen molar-refractivity contribution >= 4 is 0 Å². The van der Waals surface area contributed by atoms with Crippen LogP contribution in [0.25, 0.3) is 0 Å². The van der Waals surface area contributed by atoms with Crippen LogP contribution < -0.4 is 0 Å². The average molecular weight is 202 g/mol. The summed E-state index contributed by atoms with van der Waals surface area (Å²) in [5.41, 5.74) is -1.25. The number of epoxide rings is 1. The molecule has 1 aromatic carbocycles. The molecule has 0 aromatic heterocycles. The topological polar surface area (TPSA) is 12.5 Å². The largest absolute Gasteiger partial charge is 0.420 e. The van der Waals surface area contributed by atoms with Crippen LogP contribution in [0, 0.1) is 0 Å². The van der Waals surface area contributed by atoms with Gasteiger partial charge in [-0.25, -0.2) is 0 Å². The Balaban J connectivity index is 2.13. The maximum atomic E-state index is 12.5. The first-order chi connectivity index (χ1) is 6.54. The third-order valence-corrected chi connectivity index (χ3v) is 2.34. The van der Waals surface area contributed by atoms with E-state index < -0.39 is 11.8 Å². The second kappa shape index (κ2) is 2.98.